The van der Waals surface area contributed by atoms with Crippen molar-refractivity contribution in [2.75, 3.05) is 17.6 Å². The van der Waals surface area contributed by atoms with Gasteiger partial charge in [0.25, 0.3) is 5.89 Å². The average Bonchev–Trinajstić information content (AvgIpc) is 2.78. The van der Waals surface area contributed by atoms with Crippen LogP contribution in [-0.2, 0) is 0 Å². The van der Waals surface area contributed by atoms with Gasteiger partial charge in [-0.15, -0.1) is 0 Å². The molecule has 2 aromatic heterocycles. The second-order valence-corrected chi connectivity index (χ2v) is 3.44. The summed E-state index contributed by atoms with van der Waals surface area (Å²) >= 11 is 5.68. The van der Waals surface area contributed by atoms with Gasteiger partial charge in [-0.3, -0.25) is 4.79 Å². The quantitative estimate of drug-likeness (QED) is 0.618. The highest BCUT2D eigenvalue weighted by molar-refractivity contribution is 6.29. The number of nitrogen functional groups attached to an aromatic ring is 1. The number of Topliss-reactive ketones (excluding diaryl/α,β-unsaturated/α-hetero) is 1. The summed E-state index contributed by atoms with van der Waals surface area (Å²) in [5, 5.41) is 2.95. The van der Waals surface area contributed by atoms with Crippen molar-refractivity contribution >= 4 is 29.2 Å². The van der Waals surface area contributed by atoms with Gasteiger partial charge in [0.05, 0.1) is 12.7 Å². The lowest BCUT2D eigenvalue weighted by Crippen LogP contribution is -2.15. The highest BCUT2D eigenvalue weighted by atomic mass is 35.5. The van der Waals surface area contributed by atoms with Crippen molar-refractivity contribution in [3.8, 4) is 0 Å². The van der Waals surface area contributed by atoms with Crippen LogP contribution < -0.4 is 11.1 Å². The van der Waals surface area contributed by atoms with E-state index >= 15 is 0 Å². The van der Waals surface area contributed by atoms with Gasteiger partial charge in [0.15, 0.2) is 0 Å². The van der Waals surface area contributed by atoms with E-state index in [0.29, 0.717) is 5.82 Å². The van der Waals surface area contributed by atoms with E-state index in [1.165, 1.54) is 18.5 Å². The minimum Gasteiger partial charge on any atom is -0.442 e. The summed E-state index contributed by atoms with van der Waals surface area (Å²) in [6, 6.07) is 1.46. The van der Waals surface area contributed by atoms with Gasteiger partial charge in [-0.25, -0.2) is 9.97 Å². The maximum atomic E-state index is 11.5. The van der Waals surface area contributed by atoms with Crippen molar-refractivity contribution in [2.24, 2.45) is 0 Å². The molecule has 0 aliphatic heterocycles. The van der Waals surface area contributed by atoms with Crippen LogP contribution in [0.1, 0.15) is 10.7 Å². The Morgan fingerprint density at radius 2 is 2.35 bits per heavy atom. The SMILES string of the molecule is Nc1nc(Cl)cc(NCC(=O)c2ncco2)n1. The first-order valence-electron chi connectivity index (χ1n) is 4.62. The van der Waals surface area contributed by atoms with Crippen molar-refractivity contribution in [1.82, 2.24) is 15.0 Å². The first-order valence-corrected chi connectivity index (χ1v) is 4.99. The molecule has 0 bridgehead atoms. The number of nitrogens with two attached hydrogens (primary N) is 1. The molecule has 3 N–H and O–H groups in total. The van der Waals surface area contributed by atoms with Gasteiger partial charge in [-0.1, -0.05) is 11.6 Å². The van der Waals surface area contributed by atoms with E-state index in [4.69, 9.17) is 21.8 Å². The molecule has 17 heavy (non-hydrogen) atoms. The van der Waals surface area contributed by atoms with Gasteiger partial charge in [0.2, 0.25) is 11.7 Å². The van der Waals surface area contributed by atoms with E-state index in [2.05, 4.69) is 20.3 Å². The van der Waals surface area contributed by atoms with Crippen LogP contribution in [-0.4, -0.2) is 27.3 Å². The number of halogens is 1. The van der Waals surface area contributed by atoms with Gasteiger partial charge in [0, 0.05) is 6.07 Å². The summed E-state index contributed by atoms with van der Waals surface area (Å²) in [7, 11) is 0. The van der Waals surface area contributed by atoms with Crippen LogP contribution >= 0.6 is 11.6 Å². The zero-order chi connectivity index (χ0) is 12.3. The van der Waals surface area contributed by atoms with Crippen LogP contribution in [0.5, 0.6) is 0 Å². The van der Waals surface area contributed by atoms with Gasteiger partial charge in [-0.2, -0.15) is 4.98 Å². The molecule has 2 heterocycles. The molecule has 0 saturated heterocycles. The number of nitrogens with one attached hydrogen (secondary N) is 1. The smallest absolute Gasteiger partial charge is 0.264 e. The zero-order valence-electron chi connectivity index (χ0n) is 8.55. The molecule has 0 radical (unpaired) electrons. The lowest BCUT2D eigenvalue weighted by Gasteiger charge is -2.03. The number of hydrogen-bond donors (Lipinski definition) is 2. The van der Waals surface area contributed by atoms with E-state index in [9.17, 15) is 4.79 Å². The molecule has 0 aliphatic rings. The minimum atomic E-state index is -0.302. The van der Waals surface area contributed by atoms with Crippen molar-refractivity contribution in [1.29, 1.82) is 0 Å². The van der Waals surface area contributed by atoms with Crippen LogP contribution in [0.2, 0.25) is 5.15 Å². The molecule has 0 unspecified atom stereocenters. The van der Waals surface area contributed by atoms with E-state index in [-0.39, 0.29) is 29.3 Å². The van der Waals surface area contributed by atoms with Crippen LogP contribution in [0, 0.1) is 0 Å². The third kappa shape index (κ3) is 2.91. The number of anilines is 2. The molecule has 88 valence electrons. The number of carbonyl (C=O) groups is 1. The van der Waals surface area contributed by atoms with Crippen LogP contribution in [0.4, 0.5) is 11.8 Å². The highest BCUT2D eigenvalue weighted by Crippen LogP contribution is 2.12. The fourth-order valence-corrected chi connectivity index (χ4v) is 1.32. The maximum absolute atomic E-state index is 11.5. The van der Waals surface area contributed by atoms with Crippen LogP contribution in [0.15, 0.2) is 22.9 Å². The third-order valence-electron chi connectivity index (χ3n) is 1.81. The Bertz CT molecular complexity index is 508. The van der Waals surface area contributed by atoms with Crippen LogP contribution in [0.25, 0.3) is 0 Å². The largest absolute Gasteiger partial charge is 0.442 e. The standard InChI is InChI=1S/C9H8ClN5O2/c10-6-3-7(15-9(11)14-6)13-4-5(16)8-12-1-2-17-8/h1-3H,4H2,(H3,11,13,14,15). The molecule has 0 amide bonds. The van der Waals surface area contributed by atoms with E-state index in [0.717, 1.165) is 0 Å². The Balaban J connectivity index is 2.00. The number of ketones is 1. The molecule has 2 rings (SSSR count). The molecule has 0 spiro atoms. The summed E-state index contributed by atoms with van der Waals surface area (Å²) in [5.41, 5.74) is 5.40. The van der Waals surface area contributed by atoms with E-state index in [1.54, 1.807) is 0 Å². The Morgan fingerprint density at radius 3 is 3.00 bits per heavy atom. The molecule has 8 heteroatoms. The first kappa shape index (κ1) is 11.3. The third-order valence-corrected chi connectivity index (χ3v) is 2.01. The topological polar surface area (TPSA) is 107 Å². The fraction of sp³-hybridized carbons (Fsp3) is 0.111. The Hall–Kier alpha value is -2.15. The lowest BCUT2D eigenvalue weighted by atomic mass is 10.4. The maximum Gasteiger partial charge on any atom is 0.264 e. The summed E-state index contributed by atoms with van der Waals surface area (Å²) in [5.74, 6) is 0.125. The number of hydrogen-bond acceptors (Lipinski definition) is 7. The Kier molecular flexibility index (Phi) is 3.20. The van der Waals surface area contributed by atoms with Gasteiger partial charge < -0.3 is 15.5 Å². The van der Waals surface area contributed by atoms with Crippen molar-refractivity contribution in [3.05, 3.63) is 29.6 Å². The summed E-state index contributed by atoms with van der Waals surface area (Å²) in [6.45, 7) is -0.0205. The molecule has 0 aromatic carbocycles. The molecular weight excluding hydrogens is 246 g/mol. The Morgan fingerprint density at radius 1 is 1.53 bits per heavy atom. The summed E-state index contributed by atoms with van der Waals surface area (Å²) in [6.07, 6.45) is 2.72. The Labute approximate surface area is 101 Å². The number of oxazole rings is 1. The molecule has 0 atom stereocenters. The fourth-order valence-electron chi connectivity index (χ4n) is 1.13. The predicted octanol–water partition coefficient (Wildman–Crippen LogP) is 0.995. The highest BCUT2D eigenvalue weighted by Gasteiger charge is 2.10. The second-order valence-electron chi connectivity index (χ2n) is 3.05. The monoisotopic (exact) mass is 253 g/mol. The first-order chi connectivity index (χ1) is 8.15. The number of aromatic nitrogens is 3. The summed E-state index contributed by atoms with van der Waals surface area (Å²) in [4.78, 5) is 22.8. The molecule has 7 nitrogen and oxygen atoms in total. The molecule has 0 aliphatic carbocycles. The van der Waals surface area contributed by atoms with Gasteiger partial charge in [0.1, 0.15) is 17.2 Å². The molecular formula is C9H8ClN5O2. The van der Waals surface area contributed by atoms with Gasteiger partial charge >= 0.3 is 0 Å². The number of carbonyl (C=O) groups excluding carboxylic acids is 1. The van der Waals surface area contributed by atoms with Crippen molar-refractivity contribution < 1.29 is 9.21 Å². The lowest BCUT2D eigenvalue weighted by molar-refractivity contribution is 0.0973. The zero-order valence-corrected chi connectivity index (χ0v) is 9.31. The number of rotatable bonds is 4. The summed E-state index contributed by atoms with van der Waals surface area (Å²) < 4.78 is 4.85. The van der Waals surface area contributed by atoms with Crippen molar-refractivity contribution in [3.63, 3.8) is 0 Å². The van der Waals surface area contributed by atoms with E-state index < -0.39 is 0 Å². The molecule has 0 fully saturated rings. The minimum absolute atomic E-state index is 0.0205. The van der Waals surface area contributed by atoms with Crippen LogP contribution in [0.3, 0.4) is 0 Å². The van der Waals surface area contributed by atoms with E-state index in [1.807, 2.05) is 0 Å². The molecule has 0 saturated carbocycles. The van der Waals surface area contributed by atoms with Crippen molar-refractivity contribution in [2.45, 2.75) is 0 Å². The normalized spacial score (nSPS) is 10.2. The average molecular weight is 254 g/mol. The van der Waals surface area contributed by atoms with Gasteiger partial charge in [-0.05, 0) is 0 Å². The predicted molar refractivity (Wildman–Crippen MR) is 60.8 cm³/mol. The molecule has 2 aromatic rings. The number of nitrogens with zero attached hydrogens (tertiary/aromatic N) is 3. The second kappa shape index (κ2) is 4.79.